The molecule has 4 rings (SSSR count). The quantitative estimate of drug-likeness (QED) is 0.516. The minimum Gasteiger partial charge on any atom is -0.354 e. The Kier molecular flexibility index (Phi) is 4.64. The van der Waals surface area contributed by atoms with Crippen LogP contribution in [-0.4, -0.2) is 36.2 Å². The Bertz CT molecular complexity index is 1210. The standard InChI is InChI=1S/C19H19FN6O2/c1-2-3-8-21-17(27)12-26-19(28)24-9-10-25-16(18(24)23-26)11-15(22-25)13-4-6-14(20)7-5-13/h4-7,9-11H,2-3,8,12H2,1H3,(H,21,27). The van der Waals surface area contributed by atoms with Gasteiger partial charge in [0.15, 0.2) is 5.65 Å². The molecule has 4 aromatic rings. The summed E-state index contributed by atoms with van der Waals surface area (Å²) in [6.45, 7) is 2.47. The molecule has 0 saturated heterocycles. The molecule has 0 aliphatic carbocycles. The first-order valence-electron chi connectivity index (χ1n) is 9.07. The summed E-state index contributed by atoms with van der Waals surface area (Å²) >= 11 is 0. The van der Waals surface area contributed by atoms with Crippen molar-refractivity contribution in [1.82, 2.24) is 29.1 Å². The van der Waals surface area contributed by atoms with E-state index in [0.717, 1.165) is 23.1 Å². The number of amides is 1. The van der Waals surface area contributed by atoms with E-state index in [0.29, 0.717) is 23.4 Å². The van der Waals surface area contributed by atoms with Gasteiger partial charge >= 0.3 is 5.69 Å². The lowest BCUT2D eigenvalue weighted by molar-refractivity contribution is -0.121. The van der Waals surface area contributed by atoms with Gasteiger partial charge in [0.25, 0.3) is 0 Å². The molecule has 0 aliphatic heterocycles. The smallest absolute Gasteiger partial charge is 0.350 e. The van der Waals surface area contributed by atoms with E-state index in [1.165, 1.54) is 16.5 Å². The first-order valence-corrected chi connectivity index (χ1v) is 9.07. The number of hydrogen-bond acceptors (Lipinski definition) is 4. The Hall–Kier alpha value is -3.49. The maximum absolute atomic E-state index is 13.2. The largest absolute Gasteiger partial charge is 0.354 e. The molecule has 1 N–H and O–H groups in total. The van der Waals surface area contributed by atoms with Crippen LogP contribution in [0.4, 0.5) is 4.39 Å². The summed E-state index contributed by atoms with van der Waals surface area (Å²) in [4.78, 5) is 24.6. The number of benzene rings is 1. The molecule has 3 aromatic heterocycles. The molecule has 0 atom stereocenters. The first kappa shape index (κ1) is 17.9. The van der Waals surface area contributed by atoms with Crippen LogP contribution in [0, 0.1) is 5.82 Å². The van der Waals surface area contributed by atoms with Crippen molar-refractivity contribution in [2.24, 2.45) is 0 Å². The fraction of sp³-hybridized carbons (Fsp3) is 0.263. The second kappa shape index (κ2) is 7.26. The molecule has 9 heteroatoms. The van der Waals surface area contributed by atoms with Crippen LogP contribution in [0.2, 0.25) is 0 Å². The molecule has 144 valence electrons. The zero-order valence-electron chi connectivity index (χ0n) is 15.3. The second-order valence-corrected chi connectivity index (χ2v) is 6.50. The highest BCUT2D eigenvalue weighted by Crippen LogP contribution is 2.21. The van der Waals surface area contributed by atoms with Gasteiger partial charge in [0.05, 0.1) is 5.69 Å². The number of halogens is 1. The Morgan fingerprint density at radius 3 is 2.71 bits per heavy atom. The average molecular weight is 382 g/mol. The average Bonchev–Trinajstić information content (AvgIpc) is 3.24. The fourth-order valence-electron chi connectivity index (χ4n) is 3.00. The van der Waals surface area contributed by atoms with Gasteiger partial charge in [0.2, 0.25) is 5.91 Å². The summed E-state index contributed by atoms with van der Waals surface area (Å²) < 4.78 is 17.3. The summed E-state index contributed by atoms with van der Waals surface area (Å²) in [5.74, 6) is -0.576. The number of hydrogen-bond donors (Lipinski definition) is 1. The van der Waals surface area contributed by atoms with E-state index in [4.69, 9.17) is 0 Å². The van der Waals surface area contributed by atoms with Gasteiger partial charge in [-0.25, -0.2) is 22.8 Å². The van der Waals surface area contributed by atoms with Crippen LogP contribution in [0.1, 0.15) is 19.8 Å². The zero-order valence-corrected chi connectivity index (χ0v) is 15.3. The Morgan fingerprint density at radius 2 is 1.96 bits per heavy atom. The minimum atomic E-state index is -0.396. The number of rotatable bonds is 6. The summed E-state index contributed by atoms with van der Waals surface area (Å²) in [5, 5.41) is 11.6. The maximum atomic E-state index is 13.2. The first-order chi connectivity index (χ1) is 13.6. The van der Waals surface area contributed by atoms with E-state index < -0.39 is 5.69 Å². The van der Waals surface area contributed by atoms with Crippen molar-refractivity contribution in [3.05, 3.63) is 59.0 Å². The van der Waals surface area contributed by atoms with Crippen LogP contribution >= 0.6 is 0 Å². The Morgan fingerprint density at radius 1 is 1.18 bits per heavy atom. The monoisotopic (exact) mass is 382 g/mol. The van der Waals surface area contributed by atoms with E-state index in [2.05, 4.69) is 15.5 Å². The van der Waals surface area contributed by atoms with E-state index in [1.54, 1.807) is 35.1 Å². The zero-order chi connectivity index (χ0) is 19.7. The molecule has 0 fully saturated rings. The van der Waals surface area contributed by atoms with Crippen LogP contribution in [0.5, 0.6) is 0 Å². The van der Waals surface area contributed by atoms with E-state index in [9.17, 15) is 14.0 Å². The van der Waals surface area contributed by atoms with Crippen LogP contribution in [0.25, 0.3) is 22.4 Å². The maximum Gasteiger partial charge on any atom is 0.350 e. The molecule has 0 bridgehead atoms. The number of aromatic nitrogens is 5. The molecular formula is C19H19FN6O2. The summed E-state index contributed by atoms with van der Waals surface area (Å²) in [7, 11) is 0. The summed E-state index contributed by atoms with van der Waals surface area (Å²) in [6.07, 6.45) is 5.06. The van der Waals surface area contributed by atoms with Crippen molar-refractivity contribution in [3.63, 3.8) is 0 Å². The van der Waals surface area contributed by atoms with Crippen LogP contribution in [0.3, 0.4) is 0 Å². The third-order valence-corrected chi connectivity index (χ3v) is 4.48. The molecule has 1 aromatic carbocycles. The number of nitrogens with one attached hydrogen (secondary N) is 1. The molecule has 1 amide bonds. The lowest BCUT2D eigenvalue weighted by atomic mass is 10.1. The molecule has 28 heavy (non-hydrogen) atoms. The van der Waals surface area contributed by atoms with Crippen molar-refractivity contribution in [1.29, 1.82) is 0 Å². The van der Waals surface area contributed by atoms with E-state index >= 15 is 0 Å². The Balaban J connectivity index is 1.70. The van der Waals surface area contributed by atoms with Gasteiger partial charge < -0.3 is 5.32 Å². The number of nitrogens with zero attached hydrogens (tertiary/aromatic N) is 5. The highest BCUT2D eigenvalue weighted by atomic mass is 19.1. The predicted octanol–water partition coefficient (Wildman–Crippen LogP) is 1.87. The highest BCUT2D eigenvalue weighted by molar-refractivity contribution is 5.77. The van der Waals surface area contributed by atoms with Crippen LogP contribution < -0.4 is 11.0 Å². The lowest BCUT2D eigenvalue weighted by Crippen LogP contribution is -2.33. The van der Waals surface area contributed by atoms with Crippen molar-refractivity contribution in [2.45, 2.75) is 26.3 Å². The molecule has 0 radical (unpaired) electrons. The normalized spacial score (nSPS) is 11.4. The molecule has 0 unspecified atom stereocenters. The molecule has 0 aliphatic rings. The lowest BCUT2D eigenvalue weighted by Gasteiger charge is -2.02. The molecule has 8 nitrogen and oxygen atoms in total. The topological polar surface area (TPSA) is 85.7 Å². The molecule has 0 saturated carbocycles. The van der Waals surface area contributed by atoms with Gasteiger partial charge in [-0.15, -0.1) is 5.10 Å². The van der Waals surface area contributed by atoms with Gasteiger partial charge in [0.1, 0.15) is 17.9 Å². The highest BCUT2D eigenvalue weighted by Gasteiger charge is 2.15. The van der Waals surface area contributed by atoms with Gasteiger partial charge in [-0.05, 0) is 36.8 Å². The number of unbranched alkanes of at least 4 members (excludes halogenated alkanes) is 1. The Labute approximate surface area is 159 Å². The second-order valence-electron chi connectivity index (χ2n) is 6.50. The van der Waals surface area contributed by atoms with E-state index in [1.807, 2.05) is 6.92 Å². The van der Waals surface area contributed by atoms with Crippen LogP contribution in [0.15, 0.2) is 47.5 Å². The van der Waals surface area contributed by atoms with Crippen molar-refractivity contribution < 1.29 is 9.18 Å². The summed E-state index contributed by atoms with van der Waals surface area (Å²) in [5.41, 5.74) is 2.00. The van der Waals surface area contributed by atoms with Gasteiger partial charge in [-0.2, -0.15) is 5.10 Å². The fourth-order valence-corrected chi connectivity index (χ4v) is 3.00. The molecule has 0 spiro atoms. The van der Waals surface area contributed by atoms with E-state index in [-0.39, 0.29) is 18.3 Å². The number of carbonyl (C=O) groups is 1. The molecular weight excluding hydrogens is 363 g/mol. The summed E-state index contributed by atoms with van der Waals surface area (Å²) in [6, 6.07) is 7.79. The van der Waals surface area contributed by atoms with Gasteiger partial charge in [-0.3, -0.25) is 4.79 Å². The van der Waals surface area contributed by atoms with Gasteiger partial charge in [-0.1, -0.05) is 13.3 Å². The number of fused-ring (bicyclic) bond motifs is 3. The van der Waals surface area contributed by atoms with Crippen molar-refractivity contribution in [2.75, 3.05) is 6.54 Å². The third kappa shape index (κ3) is 3.26. The predicted molar refractivity (Wildman–Crippen MR) is 102 cm³/mol. The van der Waals surface area contributed by atoms with Crippen LogP contribution in [-0.2, 0) is 11.3 Å². The van der Waals surface area contributed by atoms with Crippen molar-refractivity contribution >= 4 is 17.1 Å². The van der Waals surface area contributed by atoms with Gasteiger partial charge in [0, 0.05) is 24.5 Å². The third-order valence-electron chi connectivity index (χ3n) is 4.48. The minimum absolute atomic E-state index is 0.144. The molecule has 3 heterocycles. The SMILES string of the molecule is CCCCNC(=O)Cn1nc2c3cc(-c4ccc(F)cc4)nn3ccn2c1=O. The van der Waals surface area contributed by atoms with Crippen molar-refractivity contribution in [3.8, 4) is 11.3 Å². The number of carbonyl (C=O) groups excluding carboxylic acids is 1.